The summed E-state index contributed by atoms with van der Waals surface area (Å²) in [5.74, 6) is 0.778. The van der Waals surface area contributed by atoms with Crippen LogP contribution in [0.2, 0.25) is 5.02 Å². The maximum atomic E-state index is 6.32. The summed E-state index contributed by atoms with van der Waals surface area (Å²) in [5.41, 5.74) is 1.09. The van der Waals surface area contributed by atoms with E-state index in [0.29, 0.717) is 6.10 Å². The molecule has 0 spiro atoms. The monoisotopic (exact) mass is 281 g/mol. The van der Waals surface area contributed by atoms with E-state index >= 15 is 0 Å². The van der Waals surface area contributed by atoms with Gasteiger partial charge in [0, 0.05) is 17.1 Å². The molecule has 0 aliphatic heterocycles. The van der Waals surface area contributed by atoms with Crippen LogP contribution in [0.15, 0.2) is 24.3 Å². The van der Waals surface area contributed by atoms with E-state index in [1.165, 1.54) is 25.7 Å². The lowest BCUT2D eigenvalue weighted by atomic mass is 9.88. The number of ether oxygens (including phenoxy) is 1. The summed E-state index contributed by atoms with van der Waals surface area (Å²) in [5, 5.41) is 4.01. The van der Waals surface area contributed by atoms with Crippen LogP contribution in [0.3, 0.4) is 0 Å². The van der Waals surface area contributed by atoms with Crippen molar-refractivity contribution in [3.05, 3.63) is 34.9 Å². The van der Waals surface area contributed by atoms with Crippen LogP contribution in [0.25, 0.3) is 0 Å². The zero-order valence-electron chi connectivity index (χ0n) is 11.9. The van der Waals surface area contributed by atoms with E-state index in [-0.39, 0.29) is 6.10 Å². The van der Waals surface area contributed by atoms with Gasteiger partial charge in [-0.15, -0.1) is 0 Å². The lowest BCUT2D eigenvalue weighted by Crippen LogP contribution is -2.28. The van der Waals surface area contributed by atoms with Gasteiger partial charge in [0.2, 0.25) is 0 Å². The quantitative estimate of drug-likeness (QED) is 0.873. The molecule has 19 heavy (non-hydrogen) atoms. The van der Waals surface area contributed by atoms with E-state index in [1.54, 1.807) is 0 Å². The van der Waals surface area contributed by atoms with E-state index < -0.39 is 0 Å². The normalized spacial score (nSPS) is 25.2. The lowest BCUT2D eigenvalue weighted by Gasteiger charge is -2.31. The molecule has 3 unspecified atom stereocenters. The Morgan fingerprint density at radius 2 is 2.16 bits per heavy atom. The smallest absolute Gasteiger partial charge is 0.0967 e. The predicted molar refractivity (Wildman–Crippen MR) is 80.6 cm³/mol. The highest BCUT2D eigenvalue weighted by Gasteiger charge is 2.24. The Morgan fingerprint density at radius 3 is 2.84 bits per heavy atom. The van der Waals surface area contributed by atoms with Gasteiger partial charge in [-0.2, -0.15) is 0 Å². The summed E-state index contributed by atoms with van der Waals surface area (Å²) in [6, 6.07) is 7.99. The molecule has 0 aromatic heterocycles. The number of hydrogen-bond acceptors (Lipinski definition) is 2. The van der Waals surface area contributed by atoms with Gasteiger partial charge in [0.25, 0.3) is 0 Å². The first-order valence-corrected chi connectivity index (χ1v) is 7.63. The van der Waals surface area contributed by atoms with Gasteiger partial charge in [-0.25, -0.2) is 0 Å². The van der Waals surface area contributed by atoms with Crippen molar-refractivity contribution in [1.29, 1.82) is 0 Å². The van der Waals surface area contributed by atoms with Crippen molar-refractivity contribution in [3.63, 3.8) is 0 Å². The van der Waals surface area contributed by atoms with Crippen LogP contribution < -0.4 is 5.32 Å². The fourth-order valence-corrected chi connectivity index (χ4v) is 3.14. The minimum atomic E-state index is 0.0500. The summed E-state index contributed by atoms with van der Waals surface area (Å²) < 4.78 is 6.32. The molecule has 106 valence electrons. The summed E-state index contributed by atoms with van der Waals surface area (Å²) in [6.45, 7) is 3.12. The topological polar surface area (TPSA) is 21.3 Å². The van der Waals surface area contributed by atoms with Crippen LogP contribution in [-0.4, -0.2) is 19.7 Å². The van der Waals surface area contributed by atoms with Crippen LogP contribution in [0, 0.1) is 5.92 Å². The number of halogens is 1. The summed E-state index contributed by atoms with van der Waals surface area (Å²) in [4.78, 5) is 0. The minimum Gasteiger partial charge on any atom is -0.369 e. The number of nitrogens with one attached hydrogen (secondary N) is 1. The van der Waals surface area contributed by atoms with Crippen LogP contribution in [0.4, 0.5) is 0 Å². The second-order valence-electron chi connectivity index (χ2n) is 5.60. The van der Waals surface area contributed by atoms with Crippen molar-refractivity contribution < 1.29 is 4.74 Å². The molecule has 3 atom stereocenters. The second kappa shape index (κ2) is 7.28. The molecule has 0 bridgehead atoms. The van der Waals surface area contributed by atoms with Crippen molar-refractivity contribution in [3.8, 4) is 0 Å². The second-order valence-corrected chi connectivity index (χ2v) is 6.00. The van der Waals surface area contributed by atoms with Crippen molar-refractivity contribution in [2.24, 2.45) is 5.92 Å². The SMILES string of the molecule is CNCC(OC1CCCC(C)C1)c1ccccc1Cl. The Balaban J connectivity index is 2.05. The number of likely N-dealkylation sites (N-methyl/N-ethyl adjacent to an activating group) is 1. The Bertz CT molecular complexity index is 396. The minimum absolute atomic E-state index is 0.0500. The van der Waals surface area contributed by atoms with Gasteiger partial charge in [-0.3, -0.25) is 0 Å². The Kier molecular flexibility index (Phi) is 5.68. The molecule has 1 aliphatic carbocycles. The number of rotatable bonds is 5. The van der Waals surface area contributed by atoms with E-state index in [4.69, 9.17) is 16.3 Å². The highest BCUT2D eigenvalue weighted by Crippen LogP contribution is 2.32. The van der Waals surface area contributed by atoms with Crippen LogP contribution in [0.1, 0.15) is 44.3 Å². The molecule has 1 aliphatic rings. The Hall–Kier alpha value is -0.570. The van der Waals surface area contributed by atoms with Gasteiger partial charge in [0.05, 0.1) is 12.2 Å². The molecule has 2 rings (SSSR count). The van der Waals surface area contributed by atoms with Gasteiger partial charge in [-0.1, -0.05) is 49.6 Å². The van der Waals surface area contributed by atoms with Crippen molar-refractivity contribution in [2.75, 3.05) is 13.6 Å². The third kappa shape index (κ3) is 4.20. The van der Waals surface area contributed by atoms with E-state index in [0.717, 1.165) is 23.0 Å². The van der Waals surface area contributed by atoms with Crippen LogP contribution in [-0.2, 0) is 4.74 Å². The highest BCUT2D eigenvalue weighted by molar-refractivity contribution is 6.31. The molecule has 3 heteroatoms. The third-order valence-electron chi connectivity index (χ3n) is 3.89. The van der Waals surface area contributed by atoms with Crippen molar-refractivity contribution >= 4 is 11.6 Å². The van der Waals surface area contributed by atoms with E-state index in [9.17, 15) is 0 Å². The molecular weight excluding hydrogens is 258 g/mol. The molecule has 1 aromatic rings. The Morgan fingerprint density at radius 1 is 1.37 bits per heavy atom. The average molecular weight is 282 g/mol. The molecule has 0 heterocycles. The molecule has 1 fully saturated rings. The first-order valence-electron chi connectivity index (χ1n) is 7.25. The Labute approximate surface area is 121 Å². The van der Waals surface area contributed by atoms with Crippen molar-refractivity contribution in [1.82, 2.24) is 5.32 Å². The van der Waals surface area contributed by atoms with Crippen LogP contribution >= 0.6 is 11.6 Å². The van der Waals surface area contributed by atoms with E-state index in [1.807, 2.05) is 25.2 Å². The highest BCUT2D eigenvalue weighted by atomic mass is 35.5. The molecule has 2 nitrogen and oxygen atoms in total. The standard InChI is InChI=1S/C16H24ClNO/c1-12-6-5-7-13(10-12)19-16(11-18-2)14-8-3-4-9-15(14)17/h3-4,8-9,12-13,16,18H,5-7,10-11H2,1-2H3. The molecule has 1 saturated carbocycles. The van der Waals surface area contributed by atoms with Gasteiger partial charge >= 0.3 is 0 Å². The average Bonchev–Trinajstić information content (AvgIpc) is 2.39. The van der Waals surface area contributed by atoms with Gasteiger partial charge in [0.1, 0.15) is 0 Å². The third-order valence-corrected chi connectivity index (χ3v) is 4.23. The zero-order chi connectivity index (χ0) is 13.7. The molecule has 1 N–H and O–H groups in total. The van der Waals surface area contributed by atoms with Gasteiger partial charge in [0.15, 0.2) is 0 Å². The van der Waals surface area contributed by atoms with E-state index in [2.05, 4.69) is 18.3 Å². The molecular formula is C16H24ClNO. The first-order chi connectivity index (χ1) is 9.20. The lowest BCUT2D eigenvalue weighted by molar-refractivity contribution is -0.0387. The van der Waals surface area contributed by atoms with Gasteiger partial charge in [-0.05, 0) is 31.9 Å². The zero-order valence-corrected chi connectivity index (χ0v) is 12.6. The fourth-order valence-electron chi connectivity index (χ4n) is 2.89. The molecule has 0 amide bonds. The van der Waals surface area contributed by atoms with Gasteiger partial charge < -0.3 is 10.1 Å². The largest absolute Gasteiger partial charge is 0.369 e. The summed E-state index contributed by atoms with van der Waals surface area (Å²) in [7, 11) is 1.96. The molecule has 0 saturated heterocycles. The maximum Gasteiger partial charge on any atom is 0.0967 e. The maximum absolute atomic E-state index is 6.32. The number of benzene rings is 1. The summed E-state index contributed by atoms with van der Waals surface area (Å²) >= 11 is 6.29. The summed E-state index contributed by atoms with van der Waals surface area (Å²) in [6.07, 6.45) is 5.38. The predicted octanol–water partition coefficient (Wildman–Crippen LogP) is 4.20. The fraction of sp³-hybridized carbons (Fsp3) is 0.625. The molecule has 0 radical (unpaired) electrons. The molecule has 1 aromatic carbocycles. The first kappa shape index (κ1) is 14.8. The number of hydrogen-bond donors (Lipinski definition) is 1. The van der Waals surface area contributed by atoms with Crippen molar-refractivity contribution in [2.45, 2.75) is 44.8 Å². The van der Waals surface area contributed by atoms with Crippen LogP contribution in [0.5, 0.6) is 0 Å².